The average Bonchev–Trinajstić information content (AvgIpc) is 3.11. The van der Waals surface area contributed by atoms with Gasteiger partial charge in [-0.05, 0) is 54.4 Å². The fraction of sp³-hybridized carbons (Fsp3) is 0.0952. The Labute approximate surface area is 171 Å². The SMILES string of the molecule is O=C(Nc1ccc2c(c1)N(C(=O)c1ccncc1)CC2)c1ccc(Cl)cc1Cl. The third-order valence-corrected chi connectivity index (χ3v) is 5.13. The molecule has 0 unspecified atom stereocenters. The summed E-state index contributed by atoms with van der Waals surface area (Å²) >= 11 is 12.0. The van der Waals surface area contributed by atoms with Gasteiger partial charge in [0.2, 0.25) is 0 Å². The Morgan fingerprint density at radius 1 is 1.00 bits per heavy atom. The Morgan fingerprint density at radius 3 is 2.54 bits per heavy atom. The molecule has 0 bridgehead atoms. The zero-order valence-corrected chi connectivity index (χ0v) is 16.2. The number of nitrogens with one attached hydrogen (secondary N) is 1. The smallest absolute Gasteiger partial charge is 0.258 e. The highest BCUT2D eigenvalue weighted by Crippen LogP contribution is 2.32. The van der Waals surface area contributed by atoms with Crippen LogP contribution in [0.15, 0.2) is 60.9 Å². The van der Waals surface area contributed by atoms with Crippen LogP contribution in [0.4, 0.5) is 11.4 Å². The first-order valence-corrected chi connectivity index (χ1v) is 9.40. The largest absolute Gasteiger partial charge is 0.322 e. The number of aromatic nitrogens is 1. The number of hydrogen-bond donors (Lipinski definition) is 1. The van der Waals surface area contributed by atoms with E-state index in [0.29, 0.717) is 28.4 Å². The van der Waals surface area contributed by atoms with E-state index in [0.717, 1.165) is 17.7 Å². The second-order valence-electron chi connectivity index (χ2n) is 6.36. The molecule has 3 aromatic rings. The number of carbonyl (C=O) groups is 2. The van der Waals surface area contributed by atoms with Gasteiger partial charge in [-0.15, -0.1) is 0 Å². The number of rotatable bonds is 3. The van der Waals surface area contributed by atoms with E-state index < -0.39 is 0 Å². The van der Waals surface area contributed by atoms with Gasteiger partial charge in [0.25, 0.3) is 11.8 Å². The second-order valence-corrected chi connectivity index (χ2v) is 7.21. The molecular formula is C21H15Cl2N3O2. The summed E-state index contributed by atoms with van der Waals surface area (Å²) in [4.78, 5) is 31.0. The number of halogens is 2. The van der Waals surface area contributed by atoms with Crippen molar-refractivity contribution in [3.8, 4) is 0 Å². The molecule has 1 N–H and O–H groups in total. The summed E-state index contributed by atoms with van der Waals surface area (Å²) < 4.78 is 0. The van der Waals surface area contributed by atoms with Crippen LogP contribution in [0.25, 0.3) is 0 Å². The lowest BCUT2D eigenvalue weighted by atomic mass is 10.1. The van der Waals surface area contributed by atoms with Gasteiger partial charge in [0, 0.05) is 40.9 Å². The topological polar surface area (TPSA) is 62.3 Å². The van der Waals surface area contributed by atoms with E-state index in [1.54, 1.807) is 41.6 Å². The first-order chi connectivity index (χ1) is 13.5. The standard InChI is InChI=1S/C21H15Cl2N3O2/c22-15-2-4-17(18(23)11-15)20(27)25-16-3-1-13-7-10-26(19(13)12-16)21(28)14-5-8-24-9-6-14/h1-6,8-9,11-12H,7,10H2,(H,25,27). The monoisotopic (exact) mass is 411 g/mol. The molecular weight excluding hydrogens is 397 g/mol. The molecule has 2 heterocycles. The number of anilines is 2. The normalized spacial score (nSPS) is 12.6. The van der Waals surface area contributed by atoms with Crippen molar-refractivity contribution < 1.29 is 9.59 Å². The summed E-state index contributed by atoms with van der Waals surface area (Å²) in [6, 6.07) is 13.6. The summed E-state index contributed by atoms with van der Waals surface area (Å²) in [6.45, 7) is 0.594. The van der Waals surface area contributed by atoms with Gasteiger partial charge in [-0.3, -0.25) is 14.6 Å². The van der Waals surface area contributed by atoms with Crippen LogP contribution < -0.4 is 10.2 Å². The molecule has 1 aliphatic rings. The maximum Gasteiger partial charge on any atom is 0.258 e. The molecule has 0 saturated carbocycles. The number of hydrogen-bond acceptors (Lipinski definition) is 3. The fourth-order valence-corrected chi connectivity index (χ4v) is 3.68. The highest BCUT2D eigenvalue weighted by molar-refractivity contribution is 6.37. The lowest BCUT2D eigenvalue weighted by Gasteiger charge is -2.18. The average molecular weight is 412 g/mol. The maximum atomic E-state index is 12.8. The van der Waals surface area contributed by atoms with Crippen LogP contribution in [-0.2, 0) is 6.42 Å². The van der Waals surface area contributed by atoms with Crippen molar-refractivity contribution in [3.63, 3.8) is 0 Å². The van der Waals surface area contributed by atoms with Gasteiger partial charge >= 0.3 is 0 Å². The Hall–Kier alpha value is -2.89. The molecule has 1 aromatic heterocycles. The molecule has 2 aromatic carbocycles. The van der Waals surface area contributed by atoms with Crippen LogP contribution in [0.5, 0.6) is 0 Å². The Kier molecular flexibility index (Phi) is 5.03. The number of carbonyl (C=O) groups excluding carboxylic acids is 2. The minimum Gasteiger partial charge on any atom is -0.322 e. The van der Waals surface area contributed by atoms with Crippen LogP contribution in [0.3, 0.4) is 0 Å². The van der Waals surface area contributed by atoms with E-state index in [1.165, 1.54) is 6.07 Å². The predicted molar refractivity (Wildman–Crippen MR) is 110 cm³/mol. The van der Waals surface area contributed by atoms with Gasteiger partial charge in [0.15, 0.2) is 0 Å². The third kappa shape index (κ3) is 3.59. The molecule has 0 spiro atoms. The van der Waals surface area contributed by atoms with Crippen LogP contribution in [0.2, 0.25) is 10.0 Å². The Balaban J connectivity index is 1.58. The van der Waals surface area contributed by atoms with Gasteiger partial charge in [0.05, 0.1) is 10.6 Å². The fourth-order valence-electron chi connectivity index (χ4n) is 3.19. The van der Waals surface area contributed by atoms with Gasteiger partial charge < -0.3 is 10.2 Å². The summed E-state index contributed by atoms with van der Waals surface area (Å²) in [5, 5.41) is 3.57. The number of pyridine rings is 1. The predicted octanol–water partition coefficient (Wildman–Crippen LogP) is 4.84. The number of nitrogens with zero attached hydrogens (tertiary/aromatic N) is 2. The van der Waals surface area contributed by atoms with Gasteiger partial charge in [-0.2, -0.15) is 0 Å². The summed E-state index contributed by atoms with van der Waals surface area (Å²) in [5.41, 5.74) is 3.34. The van der Waals surface area contributed by atoms with Crippen LogP contribution in [-0.4, -0.2) is 23.3 Å². The zero-order chi connectivity index (χ0) is 19.7. The molecule has 0 saturated heterocycles. The van der Waals surface area contributed by atoms with Crippen molar-refractivity contribution in [3.05, 3.63) is 87.7 Å². The lowest BCUT2D eigenvalue weighted by Crippen LogP contribution is -2.28. The molecule has 2 amide bonds. The summed E-state index contributed by atoms with van der Waals surface area (Å²) in [5.74, 6) is -0.433. The van der Waals surface area contributed by atoms with Gasteiger partial charge in [-0.1, -0.05) is 29.3 Å². The number of benzene rings is 2. The van der Waals surface area contributed by atoms with Crippen molar-refractivity contribution in [2.24, 2.45) is 0 Å². The lowest BCUT2D eigenvalue weighted by molar-refractivity contribution is 0.0988. The van der Waals surface area contributed by atoms with Crippen molar-refractivity contribution in [1.29, 1.82) is 0 Å². The molecule has 7 heteroatoms. The van der Waals surface area contributed by atoms with Crippen LogP contribution in [0.1, 0.15) is 26.3 Å². The summed E-state index contributed by atoms with van der Waals surface area (Å²) in [6.07, 6.45) is 3.96. The molecule has 5 nitrogen and oxygen atoms in total. The highest BCUT2D eigenvalue weighted by atomic mass is 35.5. The van der Waals surface area contributed by atoms with E-state index >= 15 is 0 Å². The van der Waals surface area contributed by atoms with E-state index in [2.05, 4.69) is 10.3 Å². The van der Waals surface area contributed by atoms with Gasteiger partial charge in [0.1, 0.15) is 0 Å². The summed E-state index contributed by atoms with van der Waals surface area (Å²) in [7, 11) is 0. The van der Waals surface area contributed by atoms with Gasteiger partial charge in [-0.25, -0.2) is 0 Å². The van der Waals surface area contributed by atoms with E-state index in [9.17, 15) is 9.59 Å². The molecule has 0 aliphatic carbocycles. The number of amides is 2. The quantitative estimate of drug-likeness (QED) is 0.670. The maximum absolute atomic E-state index is 12.8. The van der Waals surface area contributed by atoms with E-state index in [-0.39, 0.29) is 16.8 Å². The van der Waals surface area contributed by atoms with E-state index in [1.807, 2.05) is 18.2 Å². The minimum atomic E-state index is -0.341. The van der Waals surface area contributed by atoms with Crippen molar-refractivity contribution in [2.45, 2.75) is 6.42 Å². The highest BCUT2D eigenvalue weighted by Gasteiger charge is 2.26. The van der Waals surface area contributed by atoms with Crippen LogP contribution in [0, 0.1) is 0 Å². The molecule has 1 aliphatic heterocycles. The first-order valence-electron chi connectivity index (χ1n) is 8.64. The van der Waals surface area contributed by atoms with Crippen LogP contribution >= 0.6 is 23.2 Å². The molecule has 0 fully saturated rings. The Bertz CT molecular complexity index is 1070. The molecule has 4 rings (SSSR count). The van der Waals surface area contributed by atoms with E-state index in [4.69, 9.17) is 23.2 Å². The first kappa shape index (κ1) is 18.5. The minimum absolute atomic E-state index is 0.0922. The van der Waals surface area contributed by atoms with Crippen molar-refractivity contribution in [2.75, 3.05) is 16.8 Å². The van der Waals surface area contributed by atoms with Crippen molar-refractivity contribution in [1.82, 2.24) is 4.98 Å². The molecule has 0 radical (unpaired) electrons. The Morgan fingerprint density at radius 2 is 1.79 bits per heavy atom. The molecule has 28 heavy (non-hydrogen) atoms. The zero-order valence-electron chi connectivity index (χ0n) is 14.7. The third-order valence-electron chi connectivity index (χ3n) is 4.59. The molecule has 140 valence electrons. The molecule has 0 atom stereocenters. The number of fused-ring (bicyclic) bond motifs is 1. The second kappa shape index (κ2) is 7.62. The van der Waals surface area contributed by atoms with Crippen molar-refractivity contribution >= 4 is 46.4 Å².